The van der Waals surface area contributed by atoms with Crippen LogP contribution in [0.25, 0.3) is 0 Å². The highest BCUT2D eigenvalue weighted by Crippen LogP contribution is 2.18. The maximum atomic E-state index is 12.4. The average molecular weight is 385 g/mol. The number of rotatable bonds is 11. The van der Waals surface area contributed by atoms with Gasteiger partial charge in [0.05, 0.1) is 18.0 Å². The van der Waals surface area contributed by atoms with E-state index in [0.717, 1.165) is 6.42 Å². The maximum Gasteiger partial charge on any atom is 0.317 e. The molecule has 0 aliphatic rings. The maximum absolute atomic E-state index is 12.4. The zero-order valence-electron chi connectivity index (χ0n) is 15.4. The standard InChI is InChI=1S/C17H27N3O5S/c1-4-11-19(13-17(22)23)12-16(21)18-14-7-9-15(10-8-14)26(24,25)20(5-2)6-3/h7-10H,4-6,11-13H2,1-3H3,(H,18,21)(H,22,23). The molecular formula is C17H27N3O5S. The number of nitrogens with zero attached hydrogens (tertiary/aromatic N) is 2. The third kappa shape index (κ3) is 6.40. The van der Waals surface area contributed by atoms with Crippen molar-refractivity contribution in [3.63, 3.8) is 0 Å². The summed E-state index contributed by atoms with van der Waals surface area (Å²) in [6.45, 7) is 6.47. The molecule has 0 unspecified atom stereocenters. The molecule has 8 nitrogen and oxygen atoms in total. The predicted molar refractivity (Wildman–Crippen MR) is 99.5 cm³/mol. The first kappa shape index (κ1) is 22.1. The van der Waals surface area contributed by atoms with Crippen LogP contribution in [0.2, 0.25) is 0 Å². The van der Waals surface area contributed by atoms with Crippen LogP contribution in [0, 0.1) is 0 Å². The van der Waals surface area contributed by atoms with Crippen LogP contribution in [0.4, 0.5) is 5.69 Å². The highest BCUT2D eigenvalue weighted by Gasteiger charge is 2.21. The minimum Gasteiger partial charge on any atom is -0.480 e. The minimum atomic E-state index is -3.54. The Morgan fingerprint density at radius 1 is 1.04 bits per heavy atom. The number of aliphatic carboxylic acids is 1. The Bertz CT molecular complexity index is 700. The molecule has 0 bridgehead atoms. The zero-order valence-corrected chi connectivity index (χ0v) is 16.3. The van der Waals surface area contributed by atoms with Crippen LogP contribution >= 0.6 is 0 Å². The summed E-state index contributed by atoms with van der Waals surface area (Å²) in [4.78, 5) is 24.6. The number of anilines is 1. The van der Waals surface area contributed by atoms with Crippen molar-refractivity contribution in [1.29, 1.82) is 0 Å². The Hall–Kier alpha value is -1.97. The fraction of sp³-hybridized carbons (Fsp3) is 0.529. The molecule has 1 aromatic carbocycles. The molecule has 0 aliphatic carbocycles. The van der Waals surface area contributed by atoms with Gasteiger partial charge in [0, 0.05) is 18.8 Å². The van der Waals surface area contributed by atoms with Crippen LogP contribution in [0.3, 0.4) is 0 Å². The number of hydrogen-bond donors (Lipinski definition) is 2. The Morgan fingerprint density at radius 2 is 1.62 bits per heavy atom. The highest BCUT2D eigenvalue weighted by atomic mass is 32.2. The summed E-state index contributed by atoms with van der Waals surface area (Å²) < 4.78 is 26.2. The van der Waals surface area contributed by atoms with E-state index in [1.54, 1.807) is 13.8 Å². The van der Waals surface area contributed by atoms with E-state index >= 15 is 0 Å². The highest BCUT2D eigenvalue weighted by molar-refractivity contribution is 7.89. The van der Waals surface area contributed by atoms with E-state index < -0.39 is 16.0 Å². The van der Waals surface area contributed by atoms with E-state index in [4.69, 9.17) is 5.11 Å². The smallest absolute Gasteiger partial charge is 0.317 e. The lowest BCUT2D eigenvalue weighted by Gasteiger charge is -2.19. The molecule has 9 heteroatoms. The molecule has 0 radical (unpaired) electrons. The molecule has 1 amide bonds. The van der Waals surface area contributed by atoms with Gasteiger partial charge in [0.1, 0.15) is 0 Å². The van der Waals surface area contributed by atoms with Crippen LogP contribution in [0.1, 0.15) is 27.2 Å². The number of carboxylic acids is 1. The number of hydrogen-bond acceptors (Lipinski definition) is 5. The molecule has 2 N–H and O–H groups in total. The molecule has 26 heavy (non-hydrogen) atoms. The van der Waals surface area contributed by atoms with Gasteiger partial charge in [-0.2, -0.15) is 4.31 Å². The van der Waals surface area contributed by atoms with Gasteiger partial charge < -0.3 is 10.4 Å². The molecule has 0 saturated carbocycles. The van der Waals surface area contributed by atoms with Crippen molar-refractivity contribution in [3.05, 3.63) is 24.3 Å². The van der Waals surface area contributed by atoms with Gasteiger partial charge in [0.2, 0.25) is 15.9 Å². The quantitative estimate of drug-likeness (QED) is 0.597. The van der Waals surface area contributed by atoms with Crippen molar-refractivity contribution in [2.45, 2.75) is 32.1 Å². The van der Waals surface area contributed by atoms with Gasteiger partial charge in [0.25, 0.3) is 0 Å². The number of carboxylic acid groups (broad SMARTS) is 1. The number of benzene rings is 1. The Morgan fingerprint density at radius 3 is 2.08 bits per heavy atom. The second-order valence-electron chi connectivity index (χ2n) is 5.77. The van der Waals surface area contributed by atoms with Crippen molar-refractivity contribution in [2.24, 2.45) is 0 Å². The first-order chi connectivity index (χ1) is 12.2. The Labute approximate surface area is 154 Å². The van der Waals surface area contributed by atoms with Gasteiger partial charge in [-0.1, -0.05) is 20.8 Å². The number of amides is 1. The topological polar surface area (TPSA) is 107 Å². The summed E-state index contributed by atoms with van der Waals surface area (Å²) >= 11 is 0. The lowest BCUT2D eigenvalue weighted by Crippen LogP contribution is -2.37. The van der Waals surface area contributed by atoms with E-state index in [0.29, 0.717) is 25.3 Å². The van der Waals surface area contributed by atoms with Gasteiger partial charge in [0.15, 0.2) is 0 Å². The summed E-state index contributed by atoms with van der Waals surface area (Å²) in [7, 11) is -3.54. The van der Waals surface area contributed by atoms with Gasteiger partial charge in [-0.25, -0.2) is 8.42 Å². The lowest BCUT2D eigenvalue weighted by atomic mass is 10.3. The first-order valence-electron chi connectivity index (χ1n) is 8.58. The third-order valence-corrected chi connectivity index (χ3v) is 5.81. The molecule has 0 aliphatic heterocycles. The zero-order chi connectivity index (χ0) is 19.7. The summed E-state index contributed by atoms with van der Waals surface area (Å²) in [5, 5.41) is 11.5. The van der Waals surface area contributed by atoms with Gasteiger partial charge in [-0.3, -0.25) is 14.5 Å². The van der Waals surface area contributed by atoms with E-state index in [1.807, 2.05) is 6.92 Å². The van der Waals surface area contributed by atoms with Crippen LogP contribution in [-0.2, 0) is 19.6 Å². The van der Waals surface area contributed by atoms with E-state index in [1.165, 1.54) is 33.5 Å². The van der Waals surface area contributed by atoms with Crippen LogP contribution in [0.5, 0.6) is 0 Å². The summed E-state index contributed by atoms with van der Waals surface area (Å²) in [6.07, 6.45) is 0.735. The molecule has 1 aromatic rings. The molecule has 1 rings (SSSR count). The van der Waals surface area contributed by atoms with Gasteiger partial charge >= 0.3 is 5.97 Å². The van der Waals surface area contributed by atoms with Crippen LogP contribution < -0.4 is 5.32 Å². The second kappa shape index (κ2) is 10.2. The summed E-state index contributed by atoms with van der Waals surface area (Å²) in [6, 6.07) is 5.94. The first-order valence-corrected chi connectivity index (χ1v) is 10.0. The van der Waals surface area contributed by atoms with Gasteiger partial charge in [-0.15, -0.1) is 0 Å². The molecule has 0 fully saturated rings. The summed E-state index contributed by atoms with van der Waals surface area (Å²) in [5.41, 5.74) is 0.459. The van der Waals surface area contributed by atoms with Crippen LogP contribution in [-0.4, -0.2) is 67.3 Å². The Kier molecular flexibility index (Phi) is 8.70. The molecule has 0 atom stereocenters. The molecule has 0 aromatic heterocycles. The lowest BCUT2D eigenvalue weighted by molar-refractivity contribution is -0.138. The number of carbonyl (C=O) groups is 2. The third-order valence-electron chi connectivity index (χ3n) is 3.75. The van der Waals surface area contributed by atoms with Gasteiger partial charge in [-0.05, 0) is 37.2 Å². The second-order valence-corrected chi connectivity index (χ2v) is 7.70. The van der Waals surface area contributed by atoms with Crippen molar-refractivity contribution >= 4 is 27.6 Å². The van der Waals surface area contributed by atoms with E-state index in [2.05, 4.69) is 5.32 Å². The molecule has 146 valence electrons. The van der Waals surface area contributed by atoms with E-state index in [-0.39, 0.29) is 23.9 Å². The normalized spacial score (nSPS) is 11.7. The predicted octanol–water partition coefficient (Wildman–Crippen LogP) is 1.45. The fourth-order valence-electron chi connectivity index (χ4n) is 2.55. The number of nitrogens with one attached hydrogen (secondary N) is 1. The molecule has 0 spiro atoms. The SMILES string of the molecule is CCCN(CC(=O)O)CC(=O)Nc1ccc(S(=O)(=O)N(CC)CC)cc1. The van der Waals surface area contributed by atoms with Crippen molar-refractivity contribution in [1.82, 2.24) is 9.21 Å². The van der Waals surface area contributed by atoms with Crippen molar-refractivity contribution in [3.8, 4) is 0 Å². The minimum absolute atomic E-state index is 0.0420. The molecule has 0 saturated heterocycles. The van der Waals surface area contributed by atoms with Crippen molar-refractivity contribution in [2.75, 3.05) is 38.0 Å². The Balaban J connectivity index is 2.77. The monoisotopic (exact) mass is 385 g/mol. The molecular weight excluding hydrogens is 358 g/mol. The fourth-order valence-corrected chi connectivity index (χ4v) is 4.01. The number of carbonyl (C=O) groups excluding carboxylic acids is 1. The largest absolute Gasteiger partial charge is 0.480 e. The average Bonchev–Trinajstić information content (AvgIpc) is 2.55. The van der Waals surface area contributed by atoms with Crippen molar-refractivity contribution < 1.29 is 23.1 Å². The van der Waals surface area contributed by atoms with E-state index in [9.17, 15) is 18.0 Å². The summed E-state index contributed by atoms with van der Waals surface area (Å²) in [5.74, 6) is -1.34. The number of sulfonamides is 1. The van der Waals surface area contributed by atoms with Crippen LogP contribution in [0.15, 0.2) is 29.2 Å². The molecule has 0 heterocycles.